The summed E-state index contributed by atoms with van der Waals surface area (Å²) in [7, 11) is 3.04. The maximum absolute atomic E-state index is 11.8. The Bertz CT molecular complexity index is 248. The number of hydrogen-bond acceptors (Lipinski definition) is 3. The Morgan fingerprint density at radius 1 is 1.73 bits per heavy atom. The molecule has 1 fully saturated rings. The van der Waals surface area contributed by atoms with Crippen molar-refractivity contribution >= 4 is 29.0 Å². The molecular formula is C9H18N2O2P2. The fourth-order valence-electron chi connectivity index (χ4n) is 1.63. The number of nitrogens with one attached hydrogen (secondary N) is 1. The van der Waals surface area contributed by atoms with Crippen LogP contribution in [-0.2, 0) is 9.59 Å². The van der Waals surface area contributed by atoms with Gasteiger partial charge in [0.25, 0.3) is 0 Å². The third-order valence-electron chi connectivity index (χ3n) is 2.40. The van der Waals surface area contributed by atoms with E-state index >= 15 is 0 Å². The highest BCUT2D eigenvalue weighted by molar-refractivity contribution is 8.01. The summed E-state index contributed by atoms with van der Waals surface area (Å²) in [5.74, 6) is -0.0682. The molecule has 0 aromatic rings. The van der Waals surface area contributed by atoms with Crippen LogP contribution >= 0.6 is 17.3 Å². The number of hydrogen-bond donors (Lipinski definition) is 1. The molecule has 4 nitrogen and oxygen atoms in total. The van der Waals surface area contributed by atoms with Gasteiger partial charge in [0.05, 0.1) is 0 Å². The molecule has 15 heavy (non-hydrogen) atoms. The van der Waals surface area contributed by atoms with Crippen molar-refractivity contribution in [2.24, 2.45) is 0 Å². The van der Waals surface area contributed by atoms with Gasteiger partial charge in [-0.05, 0) is 21.3 Å². The van der Waals surface area contributed by atoms with Gasteiger partial charge in [-0.3, -0.25) is 14.3 Å². The Balaban J connectivity index is 2.60. The fourth-order valence-corrected chi connectivity index (χ4v) is 3.17. The molecular weight excluding hydrogens is 230 g/mol. The van der Waals surface area contributed by atoms with Gasteiger partial charge in [0.2, 0.25) is 5.91 Å². The number of nitrogens with zero attached hydrogens (tertiary/aromatic N) is 1. The fraction of sp³-hybridized carbons (Fsp3) is 0.778. The van der Waals surface area contributed by atoms with Crippen LogP contribution in [0.4, 0.5) is 0 Å². The Morgan fingerprint density at radius 2 is 2.47 bits per heavy atom. The minimum Gasteiger partial charge on any atom is -0.354 e. The van der Waals surface area contributed by atoms with Crippen molar-refractivity contribution < 1.29 is 9.59 Å². The highest BCUT2D eigenvalue weighted by Gasteiger charge is 2.34. The number of Topliss-reactive ketones (excluding diaryl/α,β-unsaturated/α-hetero) is 1. The molecule has 0 aromatic carbocycles. The van der Waals surface area contributed by atoms with Crippen molar-refractivity contribution in [3.63, 3.8) is 0 Å². The monoisotopic (exact) mass is 248 g/mol. The molecule has 6 heteroatoms. The minimum atomic E-state index is -0.541. The van der Waals surface area contributed by atoms with Crippen LogP contribution in [0.1, 0.15) is 26.2 Å². The molecule has 1 rings (SSSR count). The van der Waals surface area contributed by atoms with E-state index in [1.165, 1.54) is 0 Å². The van der Waals surface area contributed by atoms with E-state index in [9.17, 15) is 9.59 Å². The topological polar surface area (TPSA) is 49.4 Å². The number of carbonyl (C=O) groups is 2. The van der Waals surface area contributed by atoms with Crippen molar-refractivity contribution in [2.45, 2.75) is 32.2 Å². The summed E-state index contributed by atoms with van der Waals surface area (Å²) in [6.45, 7) is 3.49. The number of rotatable bonds is 4. The van der Waals surface area contributed by atoms with Crippen LogP contribution < -0.4 is 5.32 Å². The van der Waals surface area contributed by atoms with Gasteiger partial charge in [-0.15, -0.1) is 0 Å². The zero-order valence-electron chi connectivity index (χ0n) is 8.95. The van der Waals surface area contributed by atoms with Gasteiger partial charge in [-0.2, -0.15) is 0 Å². The van der Waals surface area contributed by atoms with Crippen molar-refractivity contribution in [1.29, 1.82) is 0 Å². The van der Waals surface area contributed by atoms with E-state index < -0.39 is 6.04 Å². The van der Waals surface area contributed by atoms with Crippen LogP contribution in [0.3, 0.4) is 0 Å². The first kappa shape index (κ1) is 13.0. The molecule has 0 radical (unpaired) electrons. The second-order valence-corrected chi connectivity index (χ2v) is 5.19. The number of carbonyl (C=O) groups excluding carboxylic acids is 2. The zero-order valence-corrected chi connectivity index (χ0v) is 11.1. The van der Waals surface area contributed by atoms with Crippen LogP contribution in [0.15, 0.2) is 0 Å². The van der Waals surface area contributed by atoms with Gasteiger partial charge < -0.3 is 5.32 Å². The zero-order chi connectivity index (χ0) is 11.3. The molecule has 1 N–H and O–H groups in total. The predicted octanol–water partition coefficient (Wildman–Crippen LogP) is 0.930. The van der Waals surface area contributed by atoms with Crippen LogP contribution in [-0.4, -0.2) is 35.5 Å². The summed E-state index contributed by atoms with van der Waals surface area (Å²) < 4.78 is 1.95. The Kier molecular flexibility index (Phi) is 5.66. The van der Waals surface area contributed by atoms with Crippen LogP contribution in [0, 0.1) is 0 Å². The average molecular weight is 248 g/mol. The maximum atomic E-state index is 11.8. The molecule has 86 valence electrons. The van der Waals surface area contributed by atoms with Crippen LogP contribution in [0.25, 0.3) is 0 Å². The van der Waals surface area contributed by atoms with Crippen molar-refractivity contribution in [1.82, 2.24) is 9.99 Å². The summed E-state index contributed by atoms with van der Waals surface area (Å²) in [5.41, 5.74) is 0. The average Bonchev–Trinajstić information content (AvgIpc) is 2.25. The molecule has 0 spiro atoms. The first-order valence-corrected chi connectivity index (χ1v) is 7.99. The van der Waals surface area contributed by atoms with E-state index in [4.69, 9.17) is 0 Å². The summed E-state index contributed by atoms with van der Waals surface area (Å²) in [5, 5.41) is 2.79. The van der Waals surface area contributed by atoms with E-state index in [2.05, 4.69) is 14.2 Å². The second-order valence-electron chi connectivity index (χ2n) is 3.59. The highest BCUT2D eigenvalue weighted by Crippen LogP contribution is 2.32. The molecule has 3 atom stereocenters. The molecule has 1 aliphatic rings. The lowest BCUT2D eigenvalue weighted by atomic mass is 10.0. The second kappa shape index (κ2) is 6.52. The summed E-state index contributed by atoms with van der Waals surface area (Å²) in [6, 6.07) is -0.541. The van der Waals surface area contributed by atoms with Gasteiger partial charge in [0, 0.05) is 19.5 Å². The largest absolute Gasteiger partial charge is 0.354 e. The predicted molar refractivity (Wildman–Crippen MR) is 66.1 cm³/mol. The molecule has 1 heterocycles. The van der Waals surface area contributed by atoms with Gasteiger partial charge in [0.15, 0.2) is 11.8 Å². The van der Waals surface area contributed by atoms with E-state index in [1.54, 1.807) is 0 Å². The molecule has 0 aliphatic carbocycles. The molecule has 0 aromatic heterocycles. The van der Waals surface area contributed by atoms with Crippen molar-refractivity contribution in [3.8, 4) is 0 Å². The van der Waals surface area contributed by atoms with Crippen LogP contribution in [0.2, 0.25) is 0 Å². The van der Waals surface area contributed by atoms with Crippen LogP contribution in [0.5, 0.6) is 0 Å². The molecule has 0 saturated carbocycles. The van der Waals surface area contributed by atoms with Gasteiger partial charge in [0.1, 0.15) is 0 Å². The van der Waals surface area contributed by atoms with E-state index in [0.29, 0.717) is 21.4 Å². The van der Waals surface area contributed by atoms with E-state index in [1.807, 2.05) is 11.6 Å². The quantitative estimate of drug-likeness (QED) is 0.594. The van der Waals surface area contributed by atoms with Gasteiger partial charge >= 0.3 is 0 Å². The molecule has 0 bridgehead atoms. The minimum absolute atomic E-state index is 0.0600. The van der Waals surface area contributed by atoms with E-state index in [-0.39, 0.29) is 11.7 Å². The van der Waals surface area contributed by atoms with Gasteiger partial charge in [-0.25, -0.2) is 0 Å². The summed E-state index contributed by atoms with van der Waals surface area (Å²) in [6.07, 6.45) is 2.31. The molecule has 1 saturated heterocycles. The molecule has 3 unspecified atom stereocenters. The standard InChI is InChI=1S/C9H18N2O2P2/c1-2-5-10-9(13)8-7(12)4-3-6-11(8)15-14/h8,15H,2-6,14H2,1H3,(H,10,13). The third-order valence-corrected chi connectivity index (χ3v) is 4.21. The Hall–Kier alpha value is -0.0400. The lowest BCUT2D eigenvalue weighted by Gasteiger charge is -2.31. The van der Waals surface area contributed by atoms with Crippen molar-refractivity contribution in [3.05, 3.63) is 0 Å². The Morgan fingerprint density at radius 3 is 3.07 bits per heavy atom. The van der Waals surface area contributed by atoms with E-state index in [0.717, 1.165) is 19.4 Å². The number of ketones is 1. The van der Waals surface area contributed by atoms with Gasteiger partial charge in [-0.1, -0.05) is 15.9 Å². The number of piperidine rings is 1. The number of amides is 1. The smallest absolute Gasteiger partial charge is 0.245 e. The van der Waals surface area contributed by atoms with Crippen molar-refractivity contribution in [2.75, 3.05) is 13.1 Å². The SMILES string of the molecule is CCCNC(=O)C1C(=O)CCCN1PP. The first-order valence-electron chi connectivity index (χ1n) is 5.24. The Labute approximate surface area is 94.5 Å². The lowest BCUT2D eigenvalue weighted by molar-refractivity contribution is -0.135. The first-order chi connectivity index (χ1) is 7.20. The normalized spacial score (nSPS) is 23.6. The summed E-state index contributed by atoms with van der Waals surface area (Å²) >= 11 is 0. The molecule has 1 aliphatic heterocycles. The summed E-state index contributed by atoms with van der Waals surface area (Å²) in [4.78, 5) is 23.4. The highest BCUT2D eigenvalue weighted by atomic mass is 32.0. The molecule has 1 amide bonds. The third kappa shape index (κ3) is 3.48. The lowest BCUT2D eigenvalue weighted by Crippen LogP contribution is -2.51. The maximum Gasteiger partial charge on any atom is 0.245 e.